The first kappa shape index (κ1) is 11.7. The van der Waals surface area contributed by atoms with E-state index >= 15 is 0 Å². The number of carbonyl (C=O) groups excluding carboxylic acids is 1. The summed E-state index contributed by atoms with van der Waals surface area (Å²) in [5.74, 6) is -0.101. The molecule has 2 aliphatic heterocycles. The van der Waals surface area contributed by atoms with Crippen molar-refractivity contribution < 1.29 is 4.79 Å². The number of para-hydroxylation sites is 1. The Morgan fingerprint density at radius 1 is 1.10 bits per heavy atom. The van der Waals surface area contributed by atoms with E-state index in [9.17, 15) is 9.59 Å². The molecule has 4 nitrogen and oxygen atoms in total. The second-order valence-corrected chi connectivity index (χ2v) is 5.63. The van der Waals surface area contributed by atoms with Gasteiger partial charge in [0.15, 0.2) is 0 Å². The Morgan fingerprint density at radius 3 is 2.70 bits per heavy atom. The largest absolute Gasteiger partial charge is 0.346 e. The molecule has 0 aliphatic carbocycles. The molecule has 3 heterocycles. The first-order chi connectivity index (χ1) is 9.75. The van der Waals surface area contributed by atoms with E-state index in [2.05, 4.69) is 10.6 Å². The average molecular weight is 268 g/mol. The smallest absolute Gasteiger partial charge is 0.259 e. The number of carbonyl (C=O) groups is 1. The summed E-state index contributed by atoms with van der Waals surface area (Å²) in [4.78, 5) is 26.9. The van der Waals surface area contributed by atoms with Crippen LogP contribution < -0.4 is 5.43 Å². The fourth-order valence-corrected chi connectivity index (χ4v) is 3.40. The van der Waals surface area contributed by atoms with Gasteiger partial charge >= 0.3 is 0 Å². The van der Waals surface area contributed by atoms with Crippen molar-refractivity contribution in [1.82, 2.24) is 9.47 Å². The van der Waals surface area contributed by atoms with Crippen LogP contribution in [0.15, 0.2) is 29.2 Å². The van der Waals surface area contributed by atoms with Crippen LogP contribution in [0.25, 0.3) is 10.9 Å². The Morgan fingerprint density at radius 2 is 1.90 bits per heavy atom. The Labute approximate surface area is 116 Å². The third-order valence-corrected chi connectivity index (χ3v) is 4.43. The molecule has 0 atom stereocenters. The number of aryl methyl sites for hydroxylation is 2. The van der Waals surface area contributed by atoms with Gasteiger partial charge in [-0.1, -0.05) is 12.1 Å². The van der Waals surface area contributed by atoms with Gasteiger partial charge in [-0.3, -0.25) is 9.59 Å². The fourth-order valence-electron chi connectivity index (χ4n) is 3.40. The van der Waals surface area contributed by atoms with Gasteiger partial charge in [-0.25, -0.2) is 0 Å². The maximum absolute atomic E-state index is 12.6. The summed E-state index contributed by atoms with van der Waals surface area (Å²) in [6.45, 7) is 2.41. The number of hydrogen-bond acceptors (Lipinski definition) is 2. The molecule has 1 saturated heterocycles. The van der Waals surface area contributed by atoms with Crippen LogP contribution in [-0.4, -0.2) is 28.5 Å². The van der Waals surface area contributed by atoms with Gasteiger partial charge in [-0.05, 0) is 30.9 Å². The molecule has 20 heavy (non-hydrogen) atoms. The summed E-state index contributed by atoms with van der Waals surface area (Å²) < 4.78 is 2.06. The molecule has 0 spiro atoms. The van der Waals surface area contributed by atoms with E-state index in [-0.39, 0.29) is 11.3 Å². The Hall–Kier alpha value is -2.10. The second-order valence-electron chi connectivity index (χ2n) is 5.63. The lowest BCUT2D eigenvalue weighted by molar-refractivity contribution is 0.0791. The molecule has 1 amide bonds. The highest BCUT2D eigenvalue weighted by atomic mass is 16.2. The molecule has 4 rings (SSSR count). The molecule has 0 radical (unpaired) electrons. The summed E-state index contributed by atoms with van der Waals surface area (Å²) in [5, 5.41) is 0.685. The van der Waals surface area contributed by atoms with E-state index in [0.717, 1.165) is 44.4 Å². The van der Waals surface area contributed by atoms with E-state index in [4.69, 9.17) is 0 Å². The lowest BCUT2D eigenvalue weighted by Gasteiger charge is -2.16. The second kappa shape index (κ2) is 4.20. The topological polar surface area (TPSA) is 42.3 Å². The number of benzene rings is 1. The SMILES string of the molecule is O=C(c1cn2c3c(cccc3c1=O)CC2)N1CCCC1. The predicted octanol–water partition coefficient (Wildman–Crippen LogP) is 1.79. The number of likely N-dealkylation sites (tertiary alicyclic amines) is 1. The number of pyridine rings is 1. The van der Waals surface area contributed by atoms with E-state index in [1.807, 2.05) is 12.1 Å². The number of nitrogens with zero attached hydrogens (tertiary/aromatic N) is 2. The molecule has 1 aromatic heterocycles. The number of aromatic nitrogens is 1. The Kier molecular flexibility index (Phi) is 2.46. The zero-order valence-corrected chi connectivity index (χ0v) is 11.3. The van der Waals surface area contributed by atoms with Gasteiger partial charge in [0, 0.05) is 31.2 Å². The molecular weight excluding hydrogens is 252 g/mol. The first-order valence-corrected chi connectivity index (χ1v) is 7.20. The highest BCUT2D eigenvalue weighted by molar-refractivity contribution is 5.98. The van der Waals surface area contributed by atoms with Crippen LogP contribution in [0.4, 0.5) is 0 Å². The van der Waals surface area contributed by atoms with E-state index in [1.165, 1.54) is 5.56 Å². The molecule has 2 aliphatic rings. The van der Waals surface area contributed by atoms with Gasteiger partial charge in [-0.2, -0.15) is 0 Å². The van der Waals surface area contributed by atoms with E-state index in [1.54, 1.807) is 11.1 Å². The van der Waals surface area contributed by atoms with Crippen LogP contribution >= 0.6 is 0 Å². The van der Waals surface area contributed by atoms with Crippen molar-refractivity contribution in [3.05, 3.63) is 45.7 Å². The first-order valence-electron chi connectivity index (χ1n) is 7.20. The van der Waals surface area contributed by atoms with Crippen molar-refractivity contribution in [3.8, 4) is 0 Å². The highest BCUT2D eigenvalue weighted by Gasteiger charge is 2.25. The number of hydrogen-bond donors (Lipinski definition) is 0. The van der Waals surface area contributed by atoms with Crippen molar-refractivity contribution in [2.45, 2.75) is 25.8 Å². The standard InChI is InChI=1S/C16H16N2O2/c19-15-12-5-3-4-11-6-9-18(14(11)12)10-13(15)16(20)17-7-1-2-8-17/h3-5,10H,1-2,6-9H2. The van der Waals surface area contributed by atoms with Crippen LogP contribution in [0, 0.1) is 0 Å². The van der Waals surface area contributed by atoms with Gasteiger partial charge < -0.3 is 9.47 Å². The fraction of sp³-hybridized carbons (Fsp3) is 0.375. The quantitative estimate of drug-likeness (QED) is 0.791. The van der Waals surface area contributed by atoms with Crippen LogP contribution in [0.5, 0.6) is 0 Å². The Bertz CT molecular complexity index is 770. The van der Waals surface area contributed by atoms with Crippen molar-refractivity contribution in [3.63, 3.8) is 0 Å². The molecule has 2 aromatic rings. The van der Waals surface area contributed by atoms with E-state index < -0.39 is 0 Å². The monoisotopic (exact) mass is 268 g/mol. The van der Waals surface area contributed by atoms with Gasteiger partial charge in [0.1, 0.15) is 5.56 Å². The van der Waals surface area contributed by atoms with Crippen molar-refractivity contribution in [2.24, 2.45) is 0 Å². The van der Waals surface area contributed by atoms with Gasteiger partial charge in [0.25, 0.3) is 5.91 Å². The minimum atomic E-state index is -0.114. The maximum Gasteiger partial charge on any atom is 0.259 e. The van der Waals surface area contributed by atoms with Crippen molar-refractivity contribution in [2.75, 3.05) is 13.1 Å². The van der Waals surface area contributed by atoms with Gasteiger partial charge in [-0.15, -0.1) is 0 Å². The minimum absolute atomic E-state index is 0.101. The van der Waals surface area contributed by atoms with Crippen LogP contribution in [0.2, 0.25) is 0 Å². The Balaban J connectivity index is 1.92. The normalized spacial score (nSPS) is 17.1. The molecule has 0 unspecified atom stereocenters. The molecular formula is C16H16N2O2. The van der Waals surface area contributed by atoms with Gasteiger partial charge in [0.2, 0.25) is 5.43 Å². The van der Waals surface area contributed by atoms with Gasteiger partial charge in [0.05, 0.1) is 5.52 Å². The summed E-state index contributed by atoms with van der Waals surface area (Å²) in [7, 11) is 0. The van der Waals surface area contributed by atoms with Crippen LogP contribution in [-0.2, 0) is 13.0 Å². The third-order valence-electron chi connectivity index (χ3n) is 4.43. The molecule has 0 saturated carbocycles. The van der Waals surface area contributed by atoms with Crippen molar-refractivity contribution >= 4 is 16.8 Å². The molecule has 4 heteroatoms. The molecule has 102 valence electrons. The lowest BCUT2D eigenvalue weighted by Crippen LogP contribution is -2.32. The minimum Gasteiger partial charge on any atom is -0.346 e. The lowest BCUT2D eigenvalue weighted by atomic mass is 10.1. The predicted molar refractivity (Wildman–Crippen MR) is 77.0 cm³/mol. The summed E-state index contributed by atoms with van der Waals surface area (Å²) in [5.41, 5.74) is 2.44. The average Bonchev–Trinajstić information content (AvgIpc) is 3.12. The number of amides is 1. The maximum atomic E-state index is 12.6. The zero-order valence-electron chi connectivity index (χ0n) is 11.3. The highest BCUT2D eigenvalue weighted by Crippen LogP contribution is 2.24. The van der Waals surface area contributed by atoms with Crippen LogP contribution in [0.3, 0.4) is 0 Å². The van der Waals surface area contributed by atoms with Crippen molar-refractivity contribution in [1.29, 1.82) is 0 Å². The molecule has 0 N–H and O–H groups in total. The molecule has 0 bridgehead atoms. The summed E-state index contributed by atoms with van der Waals surface area (Å²) >= 11 is 0. The summed E-state index contributed by atoms with van der Waals surface area (Å²) in [6, 6.07) is 5.82. The number of rotatable bonds is 1. The zero-order chi connectivity index (χ0) is 13.7. The third kappa shape index (κ3) is 1.54. The molecule has 1 fully saturated rings. The molecule has 1 aromatic carbocycles. The summed E-state index contributed by atoms with van der Waals surface area (Å²) in [6.07, 6.45) is 4.79. The van der Waals surface area contributed by atoms with Crippen LogP contribution in [0.1, 0.15) is 28.8 Å². The van der Waals surface area contributed by atoms with E-state index in [0.29, 0.717) is 10.9 Å².